The van der Waals surface area contributed by atoms with Crippen LogP contribution in [0.15, 0.2) is 0 Å². The molecule has 0 fully saturated rings. The summed E-state index contributed by atoms with van der Waals surface area (Å²) in [7, 11) is 0. The van der Waals surface area contributed by atoms with Gasteiger partial charge in [0.15, 0.2) is 0 Å². The van der Waals surface area contributed by atoms with Crippen LogP contribution in [0.5, 0.6) is 0 Å². The molecule has 0 unspecified atom stereocenters. The van der Waals surface area contributed by atoms with Crippen LogP contribution in [-0.2, 0) is 0 Å². The van der Waals surface area contributed by atoms with Crippen molar-refractivity contribution in [3.8, 4) is 0 Å². The van der Waals surface area contributed by atoms with E-state index in [-0.39, 0.29) is 111 Å². The minimum Gasteiger partial charge on any atom is -1.00 e. The molecule has 0 aromatic heterocycles. The zero-order valence-corrected chi connectivity index (χ0v) is 8.66. The summed E-state index contributed by atoms with van der Waals surface area (Å²) in [6.07, 6.45) is 0. The third-order valence-corrected chi connectivity index (χ3v) is 0. The van der Waals surface area contributed by atoms with E-state index in [1.807, 2.05) is 0 Å². The quantitative estimate of drug-likeness (QED) is 0.301. The minimum absolute atomic E-state index is 0. The summed E-state index contributed by atoms with van der Waals surface area (Å²) in [6.45, 7) is 0. The Morgan fingerprint density at radius 2 is 0.500 bits per heavy atom. The fraction of sp³-hybridized carbons (Fsp3) is 0. The van der Waals surface area contributed by atoms with Gasteiger partial charge >= 0.3 is 91.8 Å². The molecule has 0 saturated heterocycles. The van der Waals surface area contributed by atoms with Crippen LogP contribution in [0.4, 0.5) is 0 Å². The van der Waals surface area contributed by atoms with E-state index in [2.05, 4.69) is 0 Å². The molecular weight excluding hydrogens is 265 g/mol. The van der Waals surface area contributed by atoms with Crippen LogP contribution < -0.4 is 70.2 Å². The fourth-order valence-electron chi connectivity index (χ4n) is 0. The number of hydrogen-bond donors (Lipinski definition) is 0. The fourth-order valence-corrected chi connectivity index (χ4v) is 0. The van der Waals surface area contributed by atoms with E-state index >= 15 is 0 Å². The SMILES string of the molecule is [F-].[F-].[F-].[F-].[K+].[Sm+3]. The van der Waals surface area contributed by atoms with E-state index in [9.17, 15) is 0 Å². The summed E-state index contributed by atoms with van der Waals surface area (Å²) in [6, 6.07) is 0. The van der Waals surface area contributed by atoms with Crippen molar-refractivity contribution in [2.45, 2.75) is 0 Å². The van der Waals surface area contributed by atoms with Crippen molar-refractivity contribution in [1.29, 1.82) is 0 Å². The summed E-state index contributed by atoms with van der Waals surface area (Å²) in [4.78, 5) is 0. The van der Waals surface area contributed by atoms with Crippen LogP contribution in [0.2, 0.25) is 0 Å². The third kappa shape index (κ3) is 29.9. The van der Waals surface area contributed by atoms with Crippen LogP contribution in [-0.4, -0.2) is 0 Å². The van der Waals surface area contributed by atoms with Crippen molar-refractivity contribution < 1.29 is 111 Å². The Labute approximate surface area is 108 Å². The second-order valence-corrected chi connectivity index (χ2v) is 0. The molecule has 0 bridgehead atoms. The molecule has 35 valence electrons. The zero-order valence-electron chi connectivity index (χ0n) is 2.92. The Morgan fingerprint density at radius 1 is 0.500 bits per heavy atom. The Kier molecular flexibility index (Phi) is 561. The van der Waals surface area contributed by atoms with Gasteiger partial charge in [-0.3, -0.25) is 0 Å². The normalized spacial score (nSPS) is 0. The first-order chi connectivity index (χ1) is 0. The minimum atomic E-state index is 0. The molecule has 0 aromatic carbocycles. The van der Waals surface area contributed by atoms with Gasteiger partial charge in [0, 0.05) is 0 Å². The smallest absolute Gasteiger partial charge is 1.00 e. The van der Waals surface area contributed by atoms with E-state index in [0.29, 0.717) is 0 Å². The maximum absolute atomic E-state index is 0. The van der Waals surface area contributed by atoms with Gasteiger partial charge in [0.2, 0.25) is 0 Å². The molecule has 0 aliphatic heterocycles. The van der Waals surface area contributed by atoms with Gasteiger partial charge in [-0.05, 0) is 0 Å². The number of rotatable bonds is 0. The first-order valence-corrected chi connectivity index (χ1v) is 0. The first-order valence-electron chi connectivity index (χ1n) is 0. The molecule has 0 atom stereocenters. The van der Waals surface area contributed by atoms with E-state index < -0.39 is 0 Å². The second-order valence-electron chi connectivity index (χ2n) is 0. The van der Waals surface area contributed by atoms with Crippen molar-refractivity contribution in [2.24, 2.45) is 0 Å². The molecule has 6 heteroatoms. The number of halogens is 4. The van der Waals surface area contributed by atoms with Gasteiger partial charge in [0.1, 0.15) is 0 Å². The summed E-state index contributed by atoms with van der Waals surface area (Å²) in [5, 5.41) is 0. The summed E-state index contributed by atoms with van der Waals surface area (Å²) >= 11 is 0. The van der Waals surface area contributed by atoms with E-state index in [4.69, 9.17) is 0 Å². The van der Waals surface area contributed by atoms with Gasteiger partial charge in [-0.15, -0.1) is 0 Å². The van der Waals surface area contributed by atoms with E-state index in [0.717, 1.165) is 0 Å². The first kappa shape index (κ1) is 70.9. The van der Waals surface area contributed by atoms with Gasteiger partial charge in [-0.2, -0.15) is 0 Å². The van der Waals surface area contributed by atoms with E-state index in [1.165, 1.54) is 0 Å². The van der Waals surface area contributed by atoms with Crippen LogP contribution in [0.25, 0.3) is 0 Å². The van der Waals surface area contributed by atoms with Gasteiger partial charge in [0.25, 0.3) is 0 Å². The molecule has 1 radical (unpaired) electrons. The van der Waals surface area contributed by atoms with Crippen LogP contribution >= 0.6 is 0 Å². The third-order valence-electron chi connectivity index (χ3n) is 0. The molecule has 0 aliphatic carbocycles. The summed E-state index contributed by atoms with van der Waals surface area (Å²) < 4.78 is 0. The molecule has 0 saturated carbocycles. The van der Waals surface area contributed by atoms with Gasteiger partial charge in [0.05, 0.1) is 0 Å². The standard InChI is InChI=1S/4FH.K.Sm/h4*1H;;/q;;;;+1;+3/p-4. The summed E-state index contributed by atoms with van der Waals surface area (Å²) in [5.74, 6) is 0. The van der Waals surface area contributed by atoms with Crippen molar-refractivity contribution in [3.63, 3.8) is 0 Å². The predicted molar refractivity (Wildman–Crippen MR) is 0 cm³/mol. The van der Waals surface area contributed by atoms with Gasteiger partial charge in [-0.25, -0.2) is 0 Å². The molecule has 0 aliphatic rings. The van der Waals surface area contributed by atoms with Gasteiger partial charge in [-0.1, -0.05) is 0 Å². The summed E-state index contributed by atoms with van der Waals surface area (Å²) in [5.41, 5.74) is 0. The monoisotopic (exact) mass is 267 g/mol. The predicted octanol–water partition coefficient (Wildman–Crippen LogP) is -15.0. The zero-order chi connectivity index (χ0) is 0. The van der Waals surface area contributed by atoms with Crippen LogP contribution in [0.3, 0.4) is 0 Å². The second kappa shape index (κ2) is 47.5. The molecule has 6 heavy (non-hydrogen) atoms. The molecule has 0 amide bonds. The largest absolute Gasteiger partial charge is 3.00 e. The Morgan fingerprint density at radius 3 is 0.500 bits per heavy atom. The van der Waals surface area contributed by atoms with Gasteiger partial charge < -0.3 is 18.8 Å². The number of hydrogen-bond acceptors (Lipinski definition) is 0. The van der Waals surface area contributed by atoms with Crippen LogP contribution in [0.1, 0.15) is 0 Å². The maximum Gasteiger partial charge on any atom is 3.00 e. The molecule has 0 rings (SSSR count). The molecule has 0 aromatic rings. The van der Waals surface area contributed by atoms with Crippen molar-refractivity contribution in [3.05, 3.63) is 0 Å². The molecule has 0 N–H and O–H groups in total. The van der Waals surface area contributed by atoms with Crippen molar-refractivity contribution >= 4 is 0 Å². The average molecular weight is 265 g/mol. The topological polar surface area (TPSA) is 0 Å². The molecule has 0 spiro atoms. The molecular formula is F4KSm. The van der Waals surface area contributed by atoms with Crippen LogP contribution in [0, 0.1) is 40.4 Å². The van der Waals surface area contributed by atoms with Crippen molar-refractivity contribution in [1.82, 2.24) is 0 Å². The molecule has 0 nitrogen and oxygen atoms in total. The Hall–Kier alpha value is 2.69. The van der Waals surface area contributed by atoms with E-state index in [1.54, 1.807) is 0 Å². The maximum atomic E-state index is 0. The Bertz CT molecular complexity index is 7.51. The average Bonchev–Trinajstić information content (AvgIpc) is 0. The Balaban J connectivity index is 0. The molecule has 0 heterocycles. The van der Waals surface area contributed by atoms with Crippen molar-refractivity contribution in [2.75, 3.05) is 0 Å².